The Morgan fingerprint density at radius 1 is 1.38 bits per heavy atom. The Kier molecular flexibility index (Phi) is 3.27. The highest BCUT2D eigenvalue weighted by Crippen LogP contribution is 2.35. The Labute approximate surface area is 123 Å². The SMILES string of the molecule is CCC1C2CNCC2CN1Cc1nnc(-c2ccco2)o1. The number of likely N-dealkylation sites (tertiary alicyclic amines) is 1. The Bertz CT molecular complexity index is 595. The van der Waals surface area contributed by atoms with Gasteiger partial charge in [0.2, 0.25) is 5.89 Å². The van der Waals surface area contributed by atoms with Gasteiger partial charge in [-0.2, -0.15) is 0 Å². The summed E-state index contributed by atoms with van der Waals surface area (Å²) < 4.78 is 11.0. The normalized spacial score (nSPS) is 29.1. The Hall–Kier alpha value is -1.66. The molecule has 3 atom stereocenters. The van der Waals surface area contributed by atoms with Crippen molar-refractivity contribution in [2.45, 2.75) is 25.9 Å². The van der Waals surface area contributed by atoms with Crippen LogP contribution in [0.3, 0.4) is 0 Å². The van der Waals surface area contributed by atoms with E-state index in [0.29, 0.717) is 23.6 Å². The number of aromatic nitrogens is 2. The van der Waals surface area contributed by atoms with Crippen LogP contribution in [0.15, 0.2) is 27.2 Å². The van der Waals surface area contributed by atoms with Crippen molar-refractivity contribution in [3.8, 4) is 11.7 Å². The molecule has 1 N–H and O–H groups in total. The maximum absolute atomic E-state index is 5.73. The summed E-state index contributed by atoms with van der Waals surface area (Å²) in [5, 5.41) is 11.7. The summed E-state index contributed by atoms with van der Waals surface area (Å²) in [6.45, 7) is 6.40. The van der Waals surface area contributed by atoms with E-state index in [4.69, 9.17) is 8.83 Å². The molecule has 2 aliphatic heterocycles. The Balaban J connectivity index is 1.48. The van der Waals surface area contributed by atoms with Crippen LogP contribution in [-0.2, 0) is 6.54 Å². The van der Waals surface area contributed by atoms with Gasteiger partial charge >= 0.3 is 0 Å². The summed E-state index contributed by atoms with van der Waals surface area (Å²) in [6.07, 6.45) is 2.78. The molecule has 0 amide bonds. The van der Waals surface area contributed by atoms with Crippen LogP contribution in [0.1, 0.15) is 19.2 Å². The smallest absolute Gasteiger partial charge is 0.283 e. The van der Waals surface area contributed by atoms with Crippen molar-refractivity contribution in [1.29, 1.82) is 0 Å². The minimum absolute atomic E-state index is 0.462. The quantitative estimate of drug-likeness (QED) is 0.924. The molecule has 112 valence electrons. The fraction of sp³-hybridized carbons (Fsp3) is 0.600. The monoisotopic (exact) mass is 288 g/mol. The molecular formula is C15H20N4O2. The molecule has 0 aromatic carbocycles. The molecule has 6 heteroatoms. The molecule has 0 spiro atoms. The van der Waals surface area contributed by atoms with Crippen molar-refractivity contribution in [3.05, 3.63) is 24.3 Å². The lowest BCUT2D eigenvalue weighted by Crippen LogP contribution is -2.34. The van der Waals surface area contributed by atoms with Crippen molar-refractivity contribution >= 4 is 0 Å². The van der Waals surface area contributed by atoms with Crippen LogP contribution in [-0.4, -0.2) is 40.8 Å². The molecule has 4 heterocycles. The first-order chi connectivity index (χ1) is 10.3. The van der Waals surface area contributed by atoms with Crippen LogP contribution < -0.4 is 5.32 Å². The van der Waals surface area contributed by atoms with Gasteiger partial charge in [0.15, 0.2) is 5.76 Å². The van der Waals surface area contributed by atoms with Gasteiger partial charge in [-0.3, -0.25) is 4.90 Å². The first-order valence-corrected chi connectivity index (χ1v) is 7.66. The molecule has 2 aromatic heterocycles. The van der Waals surface area contributed by atoms with E-state index in [1.807, 2.05) is 12.1 Å². The maximum Gasteiger partial charge on any atom is 0.283 e. The third kappa shape index (κ3) is 2.28. The molecule has 2 saturated heterocycles. The predicted octanol–water partition coefficient (Wildman–Crippen LogP) is 1.76. The van der Waals surface area contributed by atoms with Gasteiger partial charge in [-0.25, -0.2) is 0 Å². The maximum atomic E-state index is 5.73. The van der Waals surface area contributed by atoms with Gasteiger partial charge in [0.25, 0.3) is 5.89 Å². The molecule has 0 bridgehead atoms. The van der Waals surface area contributed by atoms with Gasteiger partial charge in [-0.15, -0.1) is 10.2 Å². The van der Waals surface area contributed by atoms with Gasteiger partial charge in [-0.1, -0.05) is 6.92 Å². The zero-order valence-electron chi connectivity index (χ0n) is 12.2. The number of rotatable bonds is 4. The van der Waals surface area contributed by atoms with Crippen molar-refractivity contribution in [3.63, 3.8) is 0 Å². The van der Waals surface area contributed by atoms with E-state index in [9.17, 15) is 0 Å². The van der Waals surface area contributed by atoms with Gasteiger partial charge in [0.1, 0.15) is 0 Å². The van der Waals surface area contributed by atoms with E-state index in [2.05, 4.69) is 27.3 Å². The first-order valence-electron chi connectivity index (χ1n) is 7.66. The fourth-order valence-electron chi connectivity index (χ4n) is 3.84. The van der Waals surface area contributed by atoms with Crippen LogP contribution in [0.4, 0.5) is 0 Å². The Morgan fingerprint density at radius 3 is 3.14 bits per heavy atom. The summed E-state index contributed by atoms with van der Waals surface area (Å²) in [4.78, 5) is 2.50. The second-order valence-corrected chi connectivity index (χ2v) is 5.97. The zero-order chi connectivity index (χ0) is 14.2. The van der Waals surface area contributed by atoms with Gasteiger partial charge in [0.05, 0.1) is 12.8 Å². The minimum atomic E-state index is 0.462. The average molecular weight is 288 g/mol. The molecular weight excluding hydrogens is 268 g/mol. The van der Waals surface area contributed by atoms with Gasteiger partial charge in [-0.05, 0) is 43.5 Å². The highest BCUT2D eigenvalue weighted by molar-refractivity contribution is 5.42. The van der Waals surface area contributed by atoms with Crippen molar-refractivity contribution in [1.82, 2.24) is 20.4 Å². The third-order valence-corrected chi connectivity index (χ3v) is 4.78. The molecule has 4 rings (SSSR count). The number of hydrogen-bond donors (Lipinski definition) is 1. The van der Waals surface area contributed by atoms with Crippen molar-refractivity contribution in [2.75, 3.05) is 19.6 Å². The van der Waals surface area contributed by atoms with Crippen molar-refractivity contribution in [2.24, 2.45) is 11.8 Å². The molecule has 2 fully saturated rings. The summed E-state index contributed by atoms with van der Waals surface area (Å²) in [6, 6.07) is 4.27. The van der Waals surface area contributed by atoms with Gasteiger partial charge < -0.3 is 14.2 Å². The predicted molar refractivity (Wildman–Crippen MR) is 76.3 cm³/mol. The van der Waals surface area contributed by atoms with E-state index < -0.39 is 0 Å². The molecule has 2 aromatic rings. The first kappa shape index (κ1) is 13.0. The lowest BCUT2D eigenvalue weighted by Gasteiger charge is -2.25. The topological polar surface area (TPSA) is 67.3 Å². The summed E-state index contributed by atoms with van der Waals surface area (Å²) in [7, 11) is 0. The summed E-state index contributed by atoms with van der Waals surface area (Å²) >= 11 is 0. The van der Waals surface area contributed by atoms with E-state index in [0.717, 1.165) is 38.0 Å². The van der Waals surface area contributed by atoms with E-state index in [1.165, 1.54) is 6.42 Å². The Morgan fingerprint density at radius 2 is 2.33 bits per heavy atom. The molecule has 0 radical (unpaired) electrons. The molecule has 0 aliphatic carbocycles. The van der Waals surface area contributed by atoms with E-state index in [1.54, 1.807) is 6.26 Å². The summed E-state index contributed by atoms with van der Waals surface area (Å²) in [5.74, 6) is 3.30. The number of fused-ring (bicyclic) bond motifs is 1. The molecule has 3 unspecified atom stereocenters. The van der Waals surface area contributed by atoms with Crippen LogP contribution in [0.5, 0.6) is 0 Å². The van der Waals surface area contributed by atoms with Crippen LogP contribution in [0.2, 0.25) is 0 Å². The lowest BCUT2D eigenvalue weighted by molar-refractivity contribution is 0.192. The average Bonchev–Trinajstić information content (AvgIpc) is 3.23. The molecule has 6 nitrogen and oxygen atoms in total. The largest absolute Gasteiger partial charge is 0.459 e. The van der Waals surface area contributed by atoms with Crippen LogP contribution in [0, 0.1) is 11.8 Å². The number of hydrogen-bond acceptors (Lipinski definition) is 6. The fourth-order valence-corrected chi connectivity index (χ4v) is 3.84. The highest BCUT2D eigenvalue weighted by atomic mass is 16.4. The number of furan rings is 1. The number of nitrogens with zero attached hydrogens (tertiary/aromatic N) is 3. The second-order valence-electron chi connectivity index (χ2n) is 5.97. The standard InChI is InChI=1S/C15H20N4O2/c1-2-12-11-7-16-6-10(11)8-19(12)9-14-17-18-15(21-14)13-4-3-5-20-13/h3-5,10-12,16H,2,6-9H2,1H3. The van der Waals surface area contributed by atoms with Crippen LogP contribution >= 0.6 is 0 Å². The molecule has 0 saturated carbocycles. The van der Waals surface area contributed by atoms with Gasteiger partial charge in [0, 0.05) is 12.6 Å². The highest BCUT2D eigenvalue weighted by Gasteiger charge is 2.43. The second kappa shape index (κ2) is 5.27. The molecule has 2 aliphatic rings. The lowest BCUT2D eigenvalue weighted by atomic mass is 9.93. The summed E-state index contributed by atoms with van der Waals surface area (Å²) in [5.41, 5.74) is 0. The minimum Gasteiger partial charge on any atom is -0.459 e. The van der Waals surface area contributed by atoms with Crippen molar-refractivity contribution < 1.29 is 8.83 Å². The third-order valence-electron chi connectivity index (χ3n) is 4.78. The molecule has 21 heavy (non-hydrogen) atoms. The van der Waals surface area contributed by atoms with Crippen LogP contribution in [0.25, 0.3) is 11.7 Å². The zero-order valence-corrected chi connectivity index (χ0v) is 12.2. The van der Waals surface area contributed by atoms with E-state index >= 15 is 0 Å². The number of nitrogens with one attached hydrogen (secondary N) is 1. The van der Waals surface area contributed by atoms with E-state index in [-0.39, 0.29) is 0 Å².